The minimum Gasteiger partial charge on any atom is -0.398 e. The molecule has 0 aliphatic rings. The van der Waals surface area contributed by atoms with Gasteiger partial charge in [-0.05, 0) is 31.0 Å². The van der Waals surface area contributed by atoms with Crippen LogP contribution in [0.4, 0.5) is 5.69 Å². The second kappa shape index (κ2) is 8.02. The van der Waals surface area contributed by atoms with Gasteiger partial charge in [-0.25, -0.2) is 0 Å². The number of aromatic nitrogens is 1. The van der Waals surface area contributed by atoms with Crippen LogP contribution in [0.3, 0.4) is 0 Å². The number of anilines is 1. The maximum atomic E-state index is 5.93. The second-order valence-electron chi connectivity index (χ2n) is 4.18. The number of methoxy groups -OCH3 is 2. The zero-order valence-electron chi connectivity index (χ0n) is 11.3. The monoisotopic (exact) mass is 253 g/mol. The van der Waals surface area contributed by atoms with Crippen molar-refractivity contribution in [2.75, 3.05) is 26.5 Å². The molecule has 1 unspecified atom stereocenters. The van der Waals surface area contributed by atoms with Gasteiger partial charge in [-0.15, -0.1) is 0 Å². The van der Waals surface area contributed by atoms with Gasteiger partial charge >= 0.3 is 0 Å². The molecule has 0 radical (unpaired) electrons. The van der Waals surface area contributed by atoms with Gasteiger partial charge in [0.1, 0.15) is 0 Å². The topological polar surface area (TPSA) is 69.4 Å². The number of nitrogen functional groups attached to an aromatic ring is 1. The minimum atomic E-state index is -0.295. The van der Waals surface area contributed by atoms with E-state index in [2.05, 4.69) is 17.2 Å². The van der Waals surface area contributed by atoms with E-state index in [-0.39, 0.29) is 12.3 Å². The molecule has 5 nitrogen and oxygen atoms in total. The Bertz CT molecular complexity index is 343. The predicted octanol–water partition coefficient (Wildman–Crippen LogP) is 1.19. The van der Waals surface area contributed by atoms with Crippen molar-refractivity contribution in [3.63, 3.8) is 0 Å². The largest absolute Gasteiger partial charge is 0.398 e. The van der Waals surface area contributed by atoms with E-state index < -0.39 is 0 Å². The lowest BCUT2D eigenvalue weighted by atomic mass is 10.1. The fraction of sp³-hybridized carbons (Fsp3) is 0.615. The van der Waals surface area contributed by atoms with Gasteiger partial charge in [-0.1, -0.05) is 6.92 Å². The number of rotatable bonds is 8. The molecule has 1 aromatic heterocycles. The summed E-state index contributed by atoms with van der Waals surface area (Å²) in [4.78, 5) is 4.10. The Morgan fingerprint density at radius 2 is 2.11 bits per heavy atom. The van der Waals surface area contributed by atoms with Crippen LogP contribution < -0.4 is 11.1 Å². The van der Waals surface area contributed by atoms with Crippen LogP contribution in [0.2, 0.25) is 0 Å². The number of pyridine rings is 1. The van der Waals surface area contributed by atoms with Crippen LogP contribution in [0.25, 0.3) is 0 Å². The smallest absolute Gasteiger partial charge is 0.172 e. The van der Waals surface area contributed by atoms with Crippen LogP contribution in [0.1, 0.15) is 18.9 Å². The lowest BCUT2D eigenvalue weighted by Crippen LogP contribution is -2.44. The average molecular weight is 253 g/mol. The summed E-state index contributed by atoms with van der Waals surface area (Å²) in [5.74, 6) is 0. The molecule has 0 saturated heterocycles. The lowest BCUT2D eigenvalue weighted by Gasteiger charge is -2.26. The fourth-order valence-electron chi connectivity index (χ4n) is 1.86. The van der Waals surface area contributed by atoms with Gasteiger partial charge in [0.25, 0.3) is 0 Å². The van der Waals surface area contributed by atoms with Crippen LogP contribution >= 0.6 is 0 Å². The van der Waals surface area contributed by atoms with E-state index in [0.29, 0.717) is 0 Å². The Morgan fingerprint density at radius 3 is 2.67 bits per heavy atom. The third kappa shape index (κ3) is 4.25. The normalized spacial score (nSPS) is 12.9. The van der Waals surface area contributed by atoms with E-state index in [1.807, 2.05) is 0 Å². The SMILES string of the molecule is CCCNC(Cc1cnccc1N)C(OC)OC. The Labute approximate surface area is 109 Å². The Kier molecular flexibility index (Phi) is 6.64. The third-order valence-electron chi connectivity index (χ3n) is 2.83. The van der Waals surface area contributed by atoms with E-state index in [1.54, 1.807) is 32.7 Å². The summed E-state index contributed by atoms with van der Waals surface area (Å²) in [5.41, 5.74) is 7.69. The maximum absolute atomic E-state index is 5.93. The van der Waals surface area contributed by atoms with Crippen molar-refractivity contribution < 1.29 is 9.47 Å². The molecule has 1 heterocycles. The molecule has 0 fully saturated rings. The molecule has 18 heavy (non-hydrogen) atoms. The number of hydrogen-bond donors (Lipinski definition) is 2. The molecule has 0 aromatic carbocycles. The first kappa shape index (κ1) is 14.9. The molecule has 3 N–H and O–H groups in total. The quantitative estimate of drug-likeness (QED) is 0.681. The molecule has 0 aliphatic carbocycles. The van der Waals surface area contributed by atoms with E-state index in [4.69, 9.17) is 15.2 Å². The van der Waals surface area contributed by atoms with Crippen LogP contribution in [-0.4, -0.2) is 38.1 Å². The Balaban J connectivity index is 2.74. The molecule has 0 amide bonds. The molecule has 0 spiro atoms. The van der Waals surface area contributed by atoms with E-state index in [1.165, 1.54) is 0 Å². The van der Waals surface area contributed by atoms with Gasteiger partial charge < -0.3 is 20.5 Å². The zero-order chi connectivity index (χ0) is 13.4. The number of hydrogen-bond acceptors (Lipinski definition) is 5. The molecule has 1 atom stereocenters. The minimum absolute atomic E-state index is 0.0615. The highest BCUT2D eigenvalue weighted by Crippen LogP contribution is 2.14. The molecule has 102 valence electrons. The number of nitrogens with two attached hydrogens (primary N) is 1. The standard InChI is InChI=1S/C13H23N3O2/c1-4-6-16-12(13(17-2)18-3)8-10-9-15-7-5-11(10)14/h5,7,9,12-13,16H,4,6,8H2,1-3H3,(H2,14,15). The fourth-order valence-corrected chi connectivity index (χ4v) is 1.86. The average Bonchev–Trinajstić information content (AvgIpc) is 2.39. The lowest BCUT2D eigenvalue weighted by molar-refractivity contribution is -0.122. The highest BCUT2D eigenvalue weighted by atomic mass is 16.7. The first-order valence-electron chi connectivity index (χ1n) is 6.20. The molecular weight excluding hydrogens is 230 g/mol. The molecule has 1 aromatic rings. The summed E-state index contributed by atoms with van der Waals surface area (Å²) in [6.45, 7) is 3.03. The van der Waals surface area contributed by atoms with Crippen LogP contribution in [0.15, 0.2) is 18.5 Å². The number of nitrogens with one attached hydrogen (secondary N) is 1. The highest BCUT2D eigenvalue weighted by Gasteiger charge is 2.21. The van der Waals surface area contributed by atoms with Gasteiger partial charge in [0, 0.05) is 32.3 Å². The van der Waals surface area contributed by atoms with Crippen molar-refractivity contribution in [3.05, 3.63) is 24.0 Å². The predicted molar refractivity (Wildman–Crippen MR) is 72.2 cm³/mol. The van der Waals surface area contributed by atoms with Gasteiger partial charge in [0.2, 0.25) is 0 Å². The summed E-state index contributed by atoms with van der Waals surface area (Å²) in [5, 5.41) is 3.41. The van der Waals surface area contributed by atoms with E-state index in [9.17, 15) is 0 Å². The van der Waals surface area contributed by atoms with Gasteiger partial charge in [-0.3, -0.25) is 4.98 Å². The molecule has 0 saturated carbocycles. The number of nitrogens with zero attached hydrogens (tertiary/aromatic N) is 1. The maximum Gasteiger partial charge on any atom is 0.172 e. The van der Waals surface area contributed by atoms with Crippen molar-refractivity contribution in [2.24, 2.45) is 0 Å². The Hall–Kier alpha value is -1.17. The van der Waals surface area contributed by atoms with E-state index >= 15 is 0 Å². The summed E-state index contributed by atoms with van der Waals surface area (Å²) in [6.07, 6.45) is 4.97. The number of ether oxygens (including phenoxy) is 2. The first-order valence-corrected chi connectivity index (χ1v) is 6.20. The molecule has 0 bridgehead atoms. The molecule has 5 heteroatoms. The summed E-state index contributed by atoms with van der Waals surface area (Å²) >= 11 is 0. The summed E-state index contributed by atoms with van der Waals surface area (Å²) in [7, 11) is 3.28. The summed E-state index contributed by atoms with van der Waals surface area (Å²) < 4.78 is 10.6. The Morgan fingerprint density at radius 1 is 1.39 bits per heavy atom. The molecular formula is C13H23N3O2. The summed E-state index contributed by atoms with van der Waals surface area (Å²) in [6, 6.07) is 1.87. The van der Waals surface area contributed by atoms with Crippen molar-refractivity contribution in [1.82, 2.24) is 10.3 Å². The van der Waals surface area contributed by atoms with Crippen molar-refractivity contribution >= 4 is 5.69 Å². The van der Waals surface area contributed by atoms with Gasteiger partial charge in [-0.2, -0.15) is 0 Å². The first-order chi connectivity index (χ1) is 8.72. The third-order valence-corrected chi connectivity index (χ3v) is 2.83. The second-order valence-corrected chi connectivity index (χ2v) is 4.18. The molecule has 1 rings (SSSR count). The molecule has 0 aliphatic heterocycles. The van der Waals surface area contributed by atoms with Crippen molar-refractivity contribution in [1.29, 1.82) is 0 Å². The van der Waals surface area contributed by atoms with Gasteiger partial charge in [0.15, 0.2) is 6.29 Å². The van der Waals surface area contributed by atoms with Crippen molar-refractivity contribution in [3.8, 4) is 0 Å². The van der Waals surface area contributed by atoms with Crippen LogP contribution in [0, 0.1) is 0 Å². The van der Waals surface area contributed by atoms with Crippen LogP contribution in [-0.2, 0) is 15.9 Å². The highest BCUT2D eigenvalue weighted by molar-refractivity contribution is 5.44. The van der Waals surface area contributed by atoms with Crippen molar-refractivity contribution in [2.45, 2.75) is 32.1 Å². The van der Waals surface area contributed by atoms with E-state index in [0.717, 1.165) is 30.6 Å². The zero-order valence-corrected chi connectivity index (χ0v) is 11.3. The van der Waals surface area contributed by atoms with Gasteiger partial charge in [0.05, 0.1) is 6.04 Å². The van der Waals surface area contributed by atoms with Crippen LogP contribution in [0.5, 0.6) is 0 Å².